The first kappa shape index (κ1) is 25.5. The zero-order valence-electron chi connectivity index (χ0n) is 20.8. The van der Waals surface area contributed by atoms with E-state index in [0.29, 0.717) is 26.1 Å². The summed E-state index contributed by atoms with van der Waals surface area (Å²) in [6.45, 7) is 8.87. The molecule has 0 amide bonds. The molecule has 4 rings (SSSR count). The fourth-order valence-corrected chi connectivity index (χ4v) is 5.48. The normalized spacial score (nSPS) is 26.7. The fourth-order valence-electron chi connectivity index (χ4n) is 5.48. The number of hydrogen-bond acceptors (Lipinski definition) is 5. The quantitative estimate of drug-likeness (QED) is 0.371. The first-order valence-corrected chi connectivity index (χ1v) is 12.1. The van der Waals surface area contributed by atoms with Crippen molar-refractivity contribution >= 4 is 0 Å². The Labute approximate surface area is 209 Å². The van der Waals surface area contributed by atoms with Crippen molar-refractivity contribution in [1.29, 1.82) is 0 Å². The van der Waals surface area contributed by atoms with Crippen LogP contribution in [0.3, 0.4) is 0 Å². The van der Waals surface area contributed by atoms with E-state index < -0.39 is 17.8 Å². The molecule has 5 heteroatoms. The van der Waals surface area contributed by atoms with Gasteiger partial charge in [-0.1, -0.05) is 68.3 Å². The molecular weight excluding hydrogens is 440 g/mol. The van der Waals surface area contributed by atoms with Crippen molar-refractivity contribution in [2.75, 3.05) is 7.11 Å². The third kappa shape index (κ3) is 5.03. The molecule has 1 N–H and O–H groups in total. The molecule has 2 fully saturated rings. The fraction of sp³-hybridized carbons (Fsp3) is 0.433. The maximum Gasteiger partial charge on any atom is 0.147 e. The number of terminal acetylenes is 1. The number of ether oxygens (including phenoxy) is 4. The van der Waals surface area contributed by atoms with Crippen LogP contribution in [0.5, 0.6) is 5.75 Å². The Morgan fingerprint density at radius 3 is 2.46 bits per heavy atom. The number of aliphatic hydroxyl groups is 1. The highest BCUT2D eigenvalue weighted by atomic mass is 16.6. The minimum absolute atomic E-state index is 0.143. The third-order valence-corrected chi connectivity index (χ3v) is 7.32. The summed E-state index contributed by atoms with van der Waals surface area (Å²) in [4.78, 5) is 0. The Hall–Kier alpha value is -2.62. The van der Waals surface area contributed by atoms with E-state index in [1.54, 1.807) is 13.2 Å². The summed E-state index contributed by atoms with van der Waals surface area (Å²) >= 11 is 0. The summed E-state index contributed by atoms with van der Waals surface area (Å²) in [6.07, 6.45) is 6.94. The van der Waals surface area contributed by atoms with E-state index in [-0.39, 0.29) is 17.6 Å². The van der Waals surface area contributed by atoms with E-state index in [9.17, 15) is 5.11 Å². The van der Waals surface area contributed by atoms with Gasteiger partial charge < -0.3 is 24.1 Å². The molecule has 2 saturated heterocycles. The molecular formula is C30H35O5. The summed E-state index contributed by atoms with van der Waals surface area (Å²) in [5, 5.41) is 10.5. The van der Waals surface area contributed by atoms with Crippen molar-refractivity contribution in [3.8, 4) is 18.1 Å². The van der Waals surface area contributed by atoms with Crippen LogP contribution in [0, 0.1) is 23.7 Å². The van der Waals surface area contributed by atoms with Gasteiger partial charge in [-0.05, 0) is 29.7 Å². The summed E-state index contributed by atoms with van der Waals surface area (Å²) in [5.74, 6) is 4.69. The van der Waals surface area contributed by atoms with Gasteiger partial charge in [0, 0.05) is 17.8 Å². The molecule has 2 aliphatic rings. The second-order valence-electron chi connectivity index (χ2n) is 9.88. The van der Waals surface area contributed by atoms with E-state index in [1.165, 1.54) is 0 Å². The lowest BCUT2D eigenvalue weighted by molar-refractivity contribution is -0.0904. The highest BCUT2D eigenvalue weighted by Crippen LogP contribution is 2.63. The molecule has 2 heterocycles. The molecule has 1 unspecified atom stereocenters. The Bertz CT molecular complexity index is 1020. The van der Waals surface area contributed by atoms with Crippen LogP contribution in [0.25, 0.3) is 0 Å². The summed E-state index contributed by atoms with van der Waals surface area (Å²) < 4.78 is 24.7. The topological polar surface area (TPSA) is 57.2 Å². The molecule has 2 aromatic carbocycles. The van der Waals surface area contributed by atoms with Gasteiger partial charge in [0.2, 0.25) is 0 Å². The molecule has 5 atom stereocenters. The molecule has 2 aromatic rings. The molecule has 5 nitrogen and oxygen atoms in total. The average Bonchev–Trinajstić information content (AvgIpc) is 3.36. The predicted molar refractivity (Wildman–Crippen MR) is 135 cm³/mol. The highest BCUT2D eigenvalue weighted by Gasteiger charge is 2.70. The van der Waals surface area contributed by atoms with Crippen LogP contribution in [0.2, 0.25) is 0 Å². The van der Waals surface area contributed by atoms with Gasteiger partial charge in [-0.2, -0.15) is 0 Å². The largest absolute Gasteiger partial charge is 0.497 e. The second kappa shape index (κ2) is 10.6. The number of methoxy groups -OCH3 is 1. The Morgan fingerprint density at radius 2 is 1.83 bits per heavy atom. The lowest BCUT2D eigenvalue weighted by Gasteiger charge is -2.45. The number of aliphatic hydroxyl groups excluding tert-OH is 1. The molecule has 2 aliphatic heterocycles. The van der Waals surface area contributed by atoms with Gasteiger partial charge in [0.05, 0.1) is 38.6 Å². The van der Waals surface area contributed by atoms with Crippen molar-refractivity contribution in [2.24, 2.45) is 5.41 Å². The van der Waals surface area contributed by atoms with Crippen molar-refractivity contribution in [3.63, 3.8) is 0 Å². The van der Waals surface area contributed by atoms with Crippen LogP contribution in [0.4, 0.5) is 0 Å². The predicted octanol–water partition coefficient (Wildman–Crippen LogP) is 4.88. The standard InChI is InChI=1S/C30H35O5/c1-6-23(31)17-26-29(3,4)28-25(33-19-21-11-9-8-10-12-21)18-30(26,35-28)27(7-2)34-20-22-13-15-24(32-5)16-14-22/h2,6,8-16,23,25,27-28,31H,1,17-20H2,3-5H3/t23?,25-,27-,28-,30+/m0/s1. The first-order chi connectivity index (χ1) is 16.8. The van der Waals surface area contributed by atoms with Gasteiger partial charge in [0.15, 0.2) is 0 Å². The molecule has 0 spiro atoms. The molecule has 1 radical (unpaired) electrons. The van der Waals surface area contributed by atoms with E-state index in [0.717, 1.165) is 22.8 Å². The van der Waals surface area contributed by atoms with E-state index in [4.69, 9.17) is 25.4 Å². The maximum absolute atomic E-state index is 10.5. The maximum atomic E-state index is 10.5. The van der Waals surface area contributed by atoms with Gasteiger partial charge in [-0.25, -0.2) is 0 Å². The smallest absolute Gasteiger partial charge is 0.147 e. The van der Waals surface area contributed by atoms with Crippen molar-refractivity contribution in [3.05, 3.63) is 84.3 Å². The molecule has 0 saturated carbocycles. The van der Waals surface area contributed by atoms with Crippen molar-refractivity contribution < 1.29 is 24.1 Å². The number of rotatable bonds is 11. The van der Waals surface area contributed by atoms with Crippen LogP contribution in [-0.4, -0.2) is 42.2 Å². The molecule has 0 aromatic heterocycles. The lowest BCUT2D eigenvalue weighted by Crippen LogP contribution is -2.53. The summed E-state index contributed by atoms with van der Waals surface area (Å²) in [5.41, 5.74) is 0.889. The zero-order valence-corrected chi connectivity index (χ0v) is 20.8. The molecule has 185 valence electrons. The van der Waals surface area contributed by atoms with Crippen LogP contribution < -0.4 is 4.74 Å². The van der Waals surface area contributed by atoms with Crippen molar-refractivity contribution in [2.45, 2.75) is 69.9 Å². The minimum atomic E-state index is -0.846. The molecule has 0 aliphatic carbocycles. The van der Waals surface area contributed by atoms with Crippen molar-refractivity contribution in [1.82, 2.24) is 0 Å². The highest BCUT2D eigenvalue weighted by molar-refractivity contribution is 5.36. The van der Waals surface area contributed by atoms with Gasteiger partial charge in [-0.15, -0.1) is 13.0 Å². The van der Waals surface area contributed by atoms with E-state index in [1.807, 2.05) is 42.5 Å². The Morgan fingerprint density at radius 1 is 1.14 bits per heavy atom. The SMILES string of the molecule is C#C[C@H](OCc1ccc(OC)cc1)[C@]12C[C@H](OCc3ccccc3)[C@H](O1)C(C)(C)[C]2CC(O)C=C. The van der Waals surface area contributed by atoms with E-state index >= 15 is 0 Å². The van der Waals surface area contributed by atoms with Gasteiger partial charge >= 0.3 is 0 Å². The zero-order chi connectivity index (χ0) is 25.1. The Balaban J connectivity index is 1.57. The third-order valence-electron chi connectivity index (χ3n) is 7.32. The van der Waals surface area contributed by atoms with Gasteiger partial charge in [-0.3, -0.25) is 0 Å². The van der Waals surface area contributed by atoms with Gasteiger partial charge in [0.25, 0.3) is 0 Å². The average molecular weight is 476 g/mol. The molecule has 35 heavy (non-hydrogen) atoms. The number of fused-ring (bicyclic) bond motifs is 2. The first-order valence-electron chi connectivity index (χ1n) is 12.1. The molecule has 2 bridgehead atoms. The number of hydrogen-bond donors (Lipinski definition) is 1. The van der Waals surface area contributed by atoms with Crippen LogP contribution in [-0.2, 0) is 27.4 Å². The minimum Gasteiger partial charge on any atom is -0.497 e. The Kier molecular flexibility index (Phi) is 7.68. The second-order valence-corrected chi connectivity index (χ2v) is 9.88. The van der Waals surface area contributed by atoms with E-state index in [2.05, 4.69) is 38.5 Å². The summed E-state index contributed by atoms with van der Waals surface area (Å²) in [6, 6.07) is 17.8. The summed E-state index contributed by atoms with van der Waals surface area (Å²) in [7, 11) is 1.64. The number of benzene rings is 2. The monoisotopic (exact) mass is 475 g/mol. The van der Waals surface area contributed by atoms with Gasteiger partial charge in [0.1, 0.15) is 17.5 Å². The van der Waals surface area contributed by atoms with Crippen LogP contribution >= 0.6 is 0 Å². The van der Waals surface area contributed by atoms with Crippen LogP contribution in [0.15, 0.2) is 67.3 Å². The lowest BCUT2D eigenvalue weighted by atomic mass is 9.59. The van der Waals surface area contributed by atoms with Crippen LogP contribution in [0.1, 0.15) is 37.8 Å².